The quantitative estimate of drug-likeness (QED) is 0.0418. The van der Waals surface area contributed by atoms with E-state index < -0.39 is 0 Å². The number of rotatable bonds is 30. The predicted octanol–water partition coefficient (Wildman–Crippen LogP) is 14.0. The molecule has 0 rings (SSSR count). The van der Waals surface area contributed by atoms with Crippen molar-refractivity contribution in [2.75, 3.05) is 6.61 Å². The van der Waals surface area contributed by atoms with E-state index in [9.17, 15) is 0 Å². The highest BCUT2D eigenvalue weighted by molar-refractivity contribution is 14.2. The van der Waals surface area contributed by atoms with Gasteiger partial charge in [-0.25, -0.2) is 0 Å². The molecule has 1 nitrogen and oxygen atoms in total. The summed E-state index contributed by atoms with van der Waals surface area (Å²) in [6.45, 7) is 3.23. The first-order valence-electron chi connectivity index (χ1n) is 15.5. The van der Waals surface area contributed by atoms with Crippen LogP contribution in [0.4, 0.5) is 0 Å². The molecular weight excluding hydrogens is 614 g/mol. The maximum atomic E-state index is 5.57. The van der Waals surface area contributed by atoms with Crippen molar-refractivity contribution in [2.45, 2.75) is 187 Å². The Labute approximate surface area is 238 Å². The van der Waals surface area contributed by atoms with Gasteiger partial charge in [-0.2, -0.15) is 0 Å². The molecular formula is C30H61BrIOP. The molecule has 0 heterocycles. The molecule has 0 aromatic carbocycles. The Morgan fingerprint density at radius 1 is 0.412 bits per heavy atom. The summed E-state index contributed by atoms with van der Waals surface area (Å²) in [5, 5.41) is 0. The minimum Gasteiger partial charge on any atom is -0.339 e. The maximum Gasteiger partial charge on any atom is 0.164 e. The van der Waals surface area contributed by atoms with E-state index in [-0.39, 0.29) is 4.49 Å². The highest BCUT2D eigenvalue weighted by atomic mass is 127. The standard InChI is InChI=1S/C30H61BrIOP/c1-2-3-4-5-6-7-8-9-10-11-12-13-14-15-16-17-18-19-20-21-22-23-24-25-26-27-28-29-30-33-34(31)32/h2-30H2,1H3. The van der Waals surface area contributed by atoms with E-state index in [1.165, 1.54) is 180 Å². The highest BCUT2D eigenvalue weighted by Gasteiger charge is 1.98. The predicted molar refractivity (Wildman–Crippen MR) is 171 cm³/mol. The Morgan fingerprint density at radius 3 is 0.824 bits per heavy atom. The molecule has 0 aliphatic carbocycles. The zero-order valence-electron chi connectivity index (χ0n) is 23.1. The van der Waals surface area contributed by atoms with Gasteiger partial charge in [0, 0.05) is 0 Å². The van der Waals surface area contributed by atoms with Crippen LogP contribution in [0, 0.1) is 0 Å². The zero-order valence-corrected chi connectivity index (χ0v) is 27.8. The SMILES string of the molecule is CCCCCCCCCCCCCCCCCCCCCCCCCCCCCCOP(Br)I. The Morgan fingerprint density at radius 2 is 0.618 bits per heavy atom. The van der Waals surface area contributed by atoms with Crippen LogP contribution in [0.5, 0.6) is 0 Å². The minimum absolute atomic E-state index is 0.368. The first kappa shape index (κ1) is 35.6. The molecule has 0 N–H and O–H groups in total. The van der Waals surface area contributed by atoms with Crippen molar-refractivity contribution >= 4 is 42.0 Å². The fourth-order valence-corrected chi connectivity index (χ4v) is 6.20. The number of unbranched alkanes of at least 4 members (excludes halogenated alkanes) is 27. The van der Waals surface area contributed by atoms with Gasteiger partial charge < -0.3 is 4.52 Å². The van der Waals surface area contributed by atoms with Crippen molar-refractivity contribution in [3.05, 3.63) is 0 Å². The molecule has 0 saturated heterocycles. The van der Waals surface area contributed by atoms with Gasteiger partial charge in [-0.3, -0.25) is 0 Å². The third-order valence-electron chi connectivity index (χ3n) is 7.19. The molecule has 0 amide bonds. The van der Waals surface area contributed by atoms with Crippen LogP contribution in [-0.2, 0) is 4.52 Å². The molecule has 0 aliphatic rings. The second kappa shape index (κ2) is 32.6. The molecule has 0 radical (unpaired) electrons. The summed E-state index contributed by atoms with van der Waals surface area (Å²) >= 11 is 5.79. The Bertz CT molecular complexity index is 357. The number of hydrogen-bond acceptors (Lipinski definition) is 1. The summed E-state index contributed by atoms with van der Waals surface area (Å²) in [6, 6.07) is 0. The van der Waals surface area contributed by atoms with Crippen LogP contribution < -0.4 is 0 Å². The molecule has 0 spiro atoms. The van der Waals surface area contributed by atoms with Crippen LogP contribution >= 0.6 is 42.0 Å². The summed E-state index contributed by atoms with van der Waals surface area (Å²) in [5.74, 6) is 0. The van der Waals surface area contributed by atoms with Crippen LogP contribution in [0.25, 0.3) is 0 Å². The molecule has 0 bridgehead atoms. The molecule has 0 aliphatic heterocycles. The van der Waals surface area contributed by atoms with Gasteiger partial charge in [0.05, 0.1) is 6.61 Å². The van der Waals surface area contributed by atoms with Gasteiger partial charge in [0.1, 0.15) is 0 Å². The van der Waals surface area contributed by atoms with Gasteiger partial charge in [-0.1, -0.05) is 180 Å². The average molecular weight is 676 g/mol. The molecule has 1 atom stereocenters. The first-order chi connectivity index (χ1) is 16.8. The minimum atomic E-state index is -0.368. The van der Waals surface area contributed by atoms with Crippen molar-refractivity contribution in [3.63, 3.8) is 0 Å². The fraction of sp³-hybridized carbons (Fsp3) is 1.00. The lowest BCUT2D eigenvalue weighted by molar-refractivity contribution is 0.350. The van der Waals surface area contributed by atoms with Crippen molar-refractivity contribution in [2.24, 2.45) is 0 Å². The topological polar surface area (TPSA) is 9.23 Å². The van der Waals surface area contributed by atoms with Gasteiger partial charge in [-0.15, -0.1) is 0 Å². The van der Waals surface area contributed by atoms with Crippen LogP contribution in [0.3, 0.4) is 0 Å². The summed E-state index contributed by atoms with van der Waals surface area (Å²) in [5.41, 5.74) is 0. The molecule has 4 heteroatoms. The van der Waals surface area contributed by atoms with Crippen molar-refractivity contribution in [3.8, 4) is 0 Å². The van der Waals surface area contributed by atoms with Gasteiger partial charge in [-0.05, 0) is 44.0 Å². The van der Waals surface area contributed by atoms with Gasteiger partial charge in [0.2, 0.25) is 0 Å². The first-order valence-corrected chi connectivity index (χ1v) is 21.6. The van der Waals surface area contributed by atoms with Crippen molar-refractivity contribution in [1.82, 2.24) is 0 Å². The van der Waals surface area contributed by atoms with Crippen molar-refractivity contribution in [1.29, 1.82) is 0 Å². The van der Waals surface area contributed by atoms with E-state index in [1.54, 1.807) is 0 Å². The molecule has 206 valence electrons. The van der Waals surface area contributed by atoms with Crippen LogP contribution in [0.1, 0.15) is 187 Å². The maximum absolute atomic E-state index is 5.57. The second-order valence-electron chi connectivity index (χ2n) is 10.6. The lowest BCUT2D eigenvalue weighted by Crippen LogP contribution is -1.87. The van der Waals surface area contributed by atoms with E-state index in [4.69, 9.17) is 4.52 Å². The molecule has 0 fully saturated rings. The average Bonchev–Trinajstić information content (AvgIpc) is 2.83. The largest absolute Gasteiger partial charge is 0.339 e. The van der Waals surface area contributed by atoms with Crippen LogP contribution in [-0.4, -0.2) is 6.61 Å². The van der Waals surface area contributed by atoms with Gasteiger partial charge >= 0.3 is 0 Å². The van der Waals surface area contributed by atoms with Gasteiger partial charge in [0.25, 0.3) is 0 Å². The number of hydrogen-bond donors (Lipinski definition) is 0. The summed E-state index contributed by atoms with van der Waals surface area (Å²) in [4.78, 5) is 0. The summed E-state index contributed by atoms with van der Waals surface area (Å²) < 4.78 is 5.20. The smallest absolute Gasteiger partial charge is 0.164 e. The van der Waals surface area contributed by atoms with Crippen LogP contribution in [0.15, 0.2) is 0 Å². The lowest BCUT2D eigenvalue weighted by Gasteiger charge is -2.05. The van der Waals surface area contributed by atoms with Gasteiger partial charge in [0.15, 0.2) is 4.49 Å². The molecule has 34 heavy (non-hydrogen) atoms. The molecule has 0 saturated carbocycles. The third kappa shape index (κ3) is 33.6. The Hall–Kier alpha value is 1.60. The number of halogens is 2. The van der Waals surface area contributed by atoms with E-state index in [0.29, 0.717) is 0 Å². The Balaban J connectivity index is 3.00. The van der Waals surface area contributed by atoms with E-state index >= 15 is 0 Å². The lowest BCUT2D eigenvalue weighted by atomic mass is 10.0. The second-order valence-corrected chi connectivity index (χ2v) is 19.8. The summed E-state index contributed by atoms with van der Waals surface area (Å²) in [7, 11) is 0. The molecule has 1 unspecified atom stereocenters. The summed E-state index contributed by atoms with van der Waals surface area (Å²) in [6.07, 6.45) is 40.7. The van der Waals surface area contributed by atoms with E-state index in [0.717, 1.165) is 6.61 Å². The fourth-order valence-electron chi connectivity index (χ4n) is 4.91. The Kier molecular flexibility index (Phi) is 34.2. The third-order valence-corrected chi connectivity index (χ3v) is 9.01. The molecule has 0 aromatic heterocycles. The molecule has 0 aromatic rings. The monoisotopic (exact) mass is 674 g/mol. The van der Waals surface area contributed by atoms with E-state index in [1.807, 2.05) is 0 Å². The van der Waals surface area contributed by atoms with E-state index in [2.05, 4.69) is 44.5 Å². The zero-order chi connectivity index (χ0) is 24.8. The van der Waals surface area contributed by atoms with Crippen molar-refractivity contribution < 1.29 is 4.52 Å². The normalized spacial score (nSPS) is 12.4. The highest BCUT2D eigenvalue weighted by Crippen LogP contribution is 2.53. The van der Waals surface area contributed by atoms with Crippen LogP contribution in [0.2, 0.25) is 0 Å².